The Hall–Kier alpha value is -5.91. The fraction of sp³-hybridized carbons (Fsp3) is 0.343. The van der Waals surface area contributed by atoms with Crippen molar-refractivity contribution in [3.05, 3.63) is 76.5 Å². The minimum atomic E-state index is -4.11. The van der Waals surface area contributed by atoms with Gasteiger partial charge in [0.05, 0.1) is 15.6 Å². The SMILES string of the molecule is CC(=O)OC[C@H]1O[C@@H](S/C(Nc2ccccc2)=C(\C#N)C(=O)Nc2ccc(S(=O)(=O)Nc3onc(C)c3C)cc2)[C@H](OC(C)=O)[C@@H](OC(C)=O)[C@@H]1OC(C)=O. The average molecular weight is 800 g/mol. The molecule has 0 aliphatic carbocycles. The Morgan fingerprint density at radius 1 is 0.818 bits per heavy atom. The van der Waals surface area contributed by atoms with Crippen LogP contribution in [0.1, 0.15) is 39.0 Å². The van der Waals surface area contributed by atoms with Crippen LogP contribution in [-0.2, 0) is 57.7 Å². The molecule has 0 bridgehead atoms. The molecule has 2 aromatic carbocycles. The van der Waals surface area contributed by atoms with Gasteiger partial charge in [0, 0.05) is 44.6 Å². The number of ether oxygens (including phenoxy) is 5. The molecule has 0 unspecified atom stereocenters. The maximum absolute atomic E-state index is 13.8. The molecule has 1 aromatic heterocycles. The van der Waals surface area contributed by atoms with Gasteiger partial charge >= 0.3 is 23.9 Å². The maximum atomic E-state index is 13.8. The monoisotopic (exact) mass is 799 g/mol. The molecule has 0 radical (unpaired) electrons. The van der Waals surface area contributed by atoms with Crippen LogP contribution in [0.5, 0.6) is 0 Å². The van der Waals surface area contributed by atoms with Gasteiger partial charge in [-0.1, -0.05) is 35.1 Å². The van der Waals surface area contributed by atoms with Crippen LogP contribution in [-0.4, -0.2) is 79.8 Å². The van der Waals surface area contributed by atoms with E-state index in [9.17, 15) is 37.7 Å². The van der Waals surface area contributed by atoms with Crippen LogP contribution < -0.4 is 15.4 Å². The topological polar surface area (TPSA) is 252 Å². The predicted octanol–water partition coefficient (Wildman–Crippen LogP) is 3.69. The third-order valence-corrected chi connectivity index (χ3v) is 10.1. The number of carbonyl (C=O) groups excluding carboxylic acids is 5. The van der Waals surface area contributed by atoms with E-state index in [4.69, 9.17) is 28.2 Å². The van der Waals surface area contributed by atoms with Crippen molar-refractivity contribution in [2.45, 2.75) is 76.3 Å². The Balaban J connectivity index is 1.72. The number of aryl methyl sites for hydroxylation is 1. The molecule has 1 fully saturated rings. The number of nitrogens with zero attached hydrogens (tertiary/aromatic N) is 2. The molecular weight excluding hydrogens is 763 g/mol. The lowest BCUT2D eigenvalue weighted by atomic mass is 9.99. The lowest BCUT2D eigenvalue weighted by Gasteiger charge is -2.44. The number of amides is 1. The van der Waals surface area contributed by atoms with Crippen molar-refractivity contribution in [2.24, 2.45) is 0 Å². The lowest BCUT2D eigenvalue weighted by Crippen LogP contribution is -2.61. The molecule has 18 nitrogen and oxygen atoms in total. The van der Waals surface area contributed by atoms with Gasteiger partial charge in [-0.15, -0.1) is 0 Å². The van der Waals surface area contributed by atoms with Crippen LogP contribution in [0.15, 0.2) is 74.6 Å². The average Bonchev–Trinajstić information content (AvgIpc) is 3.42. The van der Waals surface area contributed by atoms with Crippen molar-refractivity contribution in [1.82, 2.24) is 5.16 Å². The van der Waals surface area contributed by atoms with E-state index in [0.29, 0.717) is 28.7 Å². The highest BCUT2D eigenvalue weighted by Gasteiger charge is 2.53. The van der Waals surface area contributed by atoms with Crippen LogP contribution in [0.25, 0.3) is 0 Å². The zero-order valence-electron chi connectivity index (χ0n) is 30.3. The fourth-order valence-electron chi connectivity index (χ4n) is 5.01. The number of carbonyl (C=O) groups is 5. The summed E-state index contributed by atoms with van der Waals surface area (Å²) >= 11 is 0.693. The summed E-state index contributed by atoms with van der Waals surface area (Å²) in [6.45, 7) is 7.16. The van der Waals surface area contributed by atoms with Crippen LogP contribution in [0.2, 0.25) is 0 Å². The lowest BCUT2D eigenvalue weighted by molar-refractivity contribution is -0.237. The molecule has 0 spiro atoms. The first-order chi connectivity index (χ1) is 26.0. The number of esters is 4. The number of rotatable bonds is 14. The Labute approximate surface area is 319 Å². The van der Waals surface area contributed by atoms with Crippen molar-refractivity contribution in [3.63, 3.8) is 0 Å². The molecule has 292 valence electrons. The molecule has 2 heterocycles. The summed E-state index contributed by atoms with van der Waals surface area (Å²) in [5.74, 6) is -4.21. The number of nitrogens with one attached hydrogen (secondary N) is 3. The van der Waals surface area contributed by atoms with Gasteiger partial charge in [-0.05, 0) is 50.2 Å². The van der Waals surface area contributed by atoms with E-state index in [1.807, 2.05) is 6.07 Å². The summed E-state index contributed by atoms with van der Waals surface area (Å²) in [6.07, 6.45) is -5.73. The van der Waals surface area contributed by atoms with Gasteiger partial charge in [0.15, 0.2) is 23.7 Å². The van der Waals surface area contributed by atoms with E-state index in [0.717, 1.165) is 27.7 Å². The summed E-state index contributed by atoms with van der Waals surface area (Å²) in [5.41, 5.74) is -0.362. The first-order valence-corrected chi connectivity index (χ1v) is 18.7. The Kier molecular flexibility index (Phi) is 14.0. The highest BCUT2D eigenvalue weighted by Crippen LogP contribution is 2.39. The number of hydrogen-bond acceptors (Lipinski definition) is 17. The molecule has 4 rings (SSSR count). The molecule has 20 heteroatoms. The standard InChI is InChI=1S/C35H37N5O13S2/c1-18-19(2)39-53-33(18)40-55(46,47)26-14-12-25(13-15-26)37-32(45)27(16-36)34(38-24-10-8-7-9-11-24)54-35-31(51-23(6)44)30(50-22(5)43)29(49-21(4)42)28(52-35)17-48-20(3)41/h7-15,28-31,35,38,40H,17H2,1-6H3,(H,37,45)/b34-27+/t28-,29-,30+,31-,35+/m1/s1. The van der Waals surface area contributed by atoms with E-state index in [-0.39, 0.29) is 21.5 Å². The minimum absolute atomic E-state index is 0.0497. The van der Waals surface area contributed by atoms with E-state index < -0.39 is 81.8 Å². The zero-order valence-corrected chi connectivity index (χ0v) is 31.9. The second-order valence-electron chi connectivity index (χ2n) is 11.8. The molecule has 1 aliphatic rings. The van der Waals surface area contributed by atoms with Crippen molar-refractivity contribution in [2.75, 3.05) is 22.0 Å². The number of anilines is 3. The molecule has 55 heavy (non-hydrogen) atoms. The highest BCUT2D eigenvalue weighted by molar-refractivity contribution is 8.03. The second kappa shape index (κ2) is 18.4. The van der Waals surface area contributed by atoms with Crippen molar-refractivity contribution in [1.29, 1.82) is 5.26 Å². The largest absolute Gasteiger partial charge is 0.463 e. The van der Waals surface area contributed by atoms with Gasteiger partial charge in [-0.2, -0.15) is 5.26 Å². The van der Waals surface area contributed by atoms with Crippen LogP contribution >= 0.6 is 11.8 Å². The second-order valence-corrected chi connectivity index (χ2v) is 14.6. The molecule has 1 saturated heterocycles. The maximum Gasteiger partial charge on any atom is 0.303 e. The molecule has 1 amide bonds. The Bertz CT molecular complexity index is 2100. The molecular formula is C35H37N5O13S2. The molecule has 0 saturated carbocycles. The Morgan fingerprint density at radius 3 is 1.95 bits per heavy atom. The quantitative estimate of drug-likeness (QED) is 0.0910. The number of sulfonamides is 1. The van der Waals surface area contributed by atoms with Gasteiger partial charge in [0.25, 0.3) is 15.9 Å². The normalized spacial score (nSPS) is 19.8. The molecule has 3 N–H and O–H groups in total. The third kappa shape index (κ3) is 11.3. The summed E-state index contributed by atoms with van der Waals surface area (Å²) in [4.78, 5) is 62.2. The molecule has 5 atom stereocenters. The predicted molar refractivity (Wildman–Crippen MR) is 194 cm³/mol. The number of aromatic nitrogens is 1. The number of benzene rings is 2. The van der Waals surface area contributed by atoms with E-state index in [2.05, 4.69) is 20.5 Å². The smallest absolute Gasteiger partial charge is 0.303 e. The zero-order chi connectivity index (χ0) is 40.4. The number of thioether (sulfide) groups is 1. The van der Waals surface area contributed by atoms with Crippen LogP contribution in [0.3, 0.4) is 0 Å². The number of nitriles is 1. The van der Waals surface area contributed by atoms with Crippen molar-refractivity contribution < 1.29 is 60.6 Å². The summed E-state index contributed by atoms with van der Waals surface area (Å²) in [7, 11) is -4.11. The highest BCUT2D eigenvalue weighted by atomic mass is 32.2. The Morgan fingerprint density at radius 2 is 1.40 bits per heavy atom. The number of hydrogen-bond donors (Lipinski definition) is 3. The van der Waals surface area contributed by atoms with Crippen molar-refractivity contribution >= 4 is 68.8 Å². The van der Waals surface area contributed by atoms with Crippen LogP contribution in [0.4, 0.5) is 17.3 Å². The molecule has 1 aliphatic heterocycles. The first-order valence-electron chi connectivity index (χ1n) is 16.3. The van der Waals surface area contributed by atoms with E-state index in [1.165, 1.54) is 24.3 Å². The van der Waals surface area contributed by atoms with Gasteiger partial charge in [-0.3, -0.25) is 24.0 Å². The van der Waals surface area contributed by atoms with Gasteiger partial charge < -0.3 is 38.8 Å². The van der Waals surface area contributed by atoms with Gasteiger partial charge in [-0.25, -0.2) is 13.1 Å². The van der Waals surface area contributed by atoms with E-state index in [1.54, 1.807) is 44.2 Å². The minimum Gasteiger partial charge on any atom is -0.463 e. The number of para-hydroxylation sites is 1. The van der Waals surface area contributed by atoms with E-state index >= 15 is 0 Å². The first kappa shape index (κ1) is 41.8. The summed E-state index contributed by atoms with van der Waals surface area (Å²) < 4.78 is 61.1. The third-order valence-electron chi connectivity index (χ3n) is 7.59. The van der Waals surface area contributed by atoms with Gasteiger partial charge in [0.1, 0.15) is 24.4 Å². The molecule has 3 aromatic rings. The van der Waals surface area contributed by atoms with Gasteiger partial charge in [0.2, 0.25) is 5.88 Å². The summed E-state index contributed by atoms with van der Waals surface area (Å²) in [6, 6.07) is 15.3. The van der Waals surface area contributed by atoms with Crippen LogP contribution in [0, 0.1) is 25.2 Å². The fourth-order valence-corrected chi connectivity index (χ4v) is 7.27. The van der Waals surface area contributed by atoms with Crippen molar-refractivity contribution in [3.8, 4) is 6.07 Å². The summed E-state index contributed by atoms with van der Waals surface area (Å²) in [5, 5.41) is 19.5.